The van der Waals surface area contributed by atoms with Crippen LogP contribution in [0, 0.1) is 0 Å². The maximum atomic E-state index is 11.2. The number of unbranched alkanes of at least 4 members (excludes halogenated alkanes) is 1. The number of alkyl halides is 6. The third-order valence-corrected chi connectivity index (χ3v) is 1.60. The zero-order valence-corrected chi connectivity index (χ0v) is 8.76. The minimum atomic E-state index is -5.69. The Hall–Kier alpha value is -0.440. The van der Waals surface area contributed by atoms with Crippen LogP contribution in [0.25, 0.3) is 0 Å². The number of hydrogen-bond donors (Lipinski definition) is 0. The van der Waals surface area contributed by atoms with Crippen molar-refractivity contribution in [3.05, 3.63) is 0 Å². The molecule has 0 saturated carbocycles. The lowest BCUT2D eigenvalue weighted by atomic mass is 10.4. The Kier molecular flexibility index (Phi) is 7.85. The molecular weight excluding hydrogens is 248 g/mol. The largest absolute Gasteiger partial charge is 0.608 e. The summed E-state index contributed by atoms with van der Waals surface area (Å²) in [6.45, 7) is 4.36. The Labute approximate surface area is 86.9 Å². The first-order chi connectivity index (χ1) is 6.61. The molecule has 0 radical (unpaired) electrons. The fraction of sp³-hybridized carbons (Fsp3) is 1.00. The average molecular weight is 258 g/mol. The van der Waals surface area contributed by atoms with Gasteiger partial charge in [-0.2, -0.15) is 26.3 Å². The number of rotatable bonds is 2. The van der Waals surface area contributed by atoms with Gasteiger partial charge in [0, 0.05) is 0 Å². The van der Waals surface area contributed by atoms with Crippen molar-refractivity contribution in [2.75, 3.05) is 0 Å². The van der Waals surface area contributed by atoms with Gasteiger partial charge in [0.2, 0.25) is 0 Å². The van der Waals surface area contributed by atoms with Crippen LogP contribution >= 0.6 is 0 Å². The van der Waals surface area contributed by atoms with E-state index in [0.717, 1.165) is 0 Å². The van der Waals surface area contributed by atoms with E-state index in [-0.39, 0.29) is 0 Å². The van der Waals surface area contributed by atoms with Gasteiger partial charge in [0.05, 0.1) is 4.21 Å². The summed E-state index contributed by atoms with van der Waals surface area (Å²) in [4.78, 5) is 0. The average Bonchev–Trinajstić information content (AvgIpc) is 2.00. The monoisotopic (exact) mass is 258 g/mol. The minimum absolute atomic E-state index is 1.32. The summed E-state index contributed by atoms with van der Waals surface area (Å²) in [5.74, 6) is 0. The smallest absolute Gasteiger partial charge is 0.152 e. The number of halogens is 6. The van der Waals surface area contributed by atoms with Crippen molar-refractivity contribution in [3.63, 3.8) is 0 Å². The second-order valence-corrected chi connectivity index (χ2v) is 2.82. The summed E-state index contributed by atoms with van der Waals surface area (Å²) in [5, 5.41) is 0. The molecule has 0 fully saturated rings. The fourth-order valence-corrected chi connectivity index (χ4v) is 0.397. The lowest BCUT2D eigenvalue weighted by Gasteiger charge is -2.09. The molecule has 0 aliphatic heterocycles. The van der Waals surface area contributed by atoms with Crippen LogP contribution in [-0.2, 0) is 16.1 Å². The molecule has 0 rings (SSSR count). The molecule has 9 heteroatoms. The van der Waals surface area contributed by atoms with Crippen LogP contribution in [0.15, 0.2) is 0 Å². The maximum Gasteiger partial charge on any atom is 0.608 e. The van der Waals surface area contributed by atoms with Gasteiger partial charge in [0.1, 0.15) is 0 Å². The summed E-state index contributed by atoms with van der Waals surface area (Å²) >= 11 is -1.68. The quantitative estimate of drug-likeness (QED) is 0.321. The van der Waals surface area contributed by atoms with E-state index in [0.29, 0.717) is 0 Å². The number of hydrogen-bond acceptors (Lipinski definition) is 1. The van der Waals surface area contributed by atoms with Crippen molar-refractivity contribution < 1.29 is 30.6 Å². The van der Waals surface area contributed by atoms with E-state index in [2.05, 4.69) is 13.8 Å². The van der Waals surface area contributed by atoms with E-state index in [1.165, 1.54) is 12.8 Å². The predicted molar refractivity (Wildman–Crippen MR) is 42.6 cm³/mol. The summed E-state index contributed by atoms with van der Waals surface area (Å²) in [5.41, 5.74) is 0. The van der Waals surface area contributed by atoms with Gasteiger partial charge >= 0.3 is 24.5 Å². The molecule has 0 bridgehead atoms. The molecule has 0 aliphatic carbocycles. The first-order valence-electron chi connectivity index (χ1n) is 3.84. The van der Waals surface area contributed by atoms with Crippen molar-refractivity contribution in [1.29, 1.82) is 0 Å². The number of nitrogens with zero attached hydrogens (tertiary/aromatic N) is 1. The van der Waals surface area contributed by atoms with Crippen molar-refractivity contribution in [3.8, 4) is 0 Å². The van der Waals surface area contributed by atoms with Crippen LogP contribution in [0.3, 0.4) is 0 Å². The zero-order valence-electron chi connectivity index (χ0n) is 7.95. The summed E-state index contributed by atoms with van der Waals surface area (Å²) < 4.78 is 74.4. The van der Waals surface area contributed by atoms with Crippen molar-refractivity contribution >= 4 is 11.9 Å². The summed E-state index contributed by atoms with van der Waals surface area (Å²) in [6, 6.07) is 0. The fourth-order valence-electron chi connectivity index (χ4n) is 0.228. The van der Waals surface area contributed by atoms with Crippen molar-refractivity contribution in [1.82, 2.24) is 4.31 Å². The lowest BCUT2D eigenvalue weighted by Crippen LogP contribution is -2.44. The molecule has 0 unspecified atom stereocenters. The van der Waals surface area contributed by atoms with Crippen LogP contribution in [0.4, 0.5) is 26.3 Å². The summed E-state index contributed by atoms with van der Waals surface area (Å²) in [6.07, 6.45) is -8.74. The normalized spacial score (nSPS) is 12.1. The van der Waals surface area contributed by atoms with E-state index in [1.54, 1.807) is 0 Å². The molecule has 0 aromatic carbocycles. The molecule has 0 atom stereocenters. The van der Waals surface area contributed by atoms with E-state index < -0.39 is 28.8 Å². The highest BCUT2D eigenvalue weighted by Gasteiger charge is 2.65. The minimum Gasteiger partial charge on any atom is -0.152 e. The first kappa shape index (κ1) is 17.0. The predicted octanol–water partition coefficient (Wildman–Crippen LogP) is 3.48. The molecule has 2 nitrogen and oxygen atoms in total. The van der Waals surface area contributed by atoms with Crippen LogP contribution in [-0.4, -0.2) is 16.9 Å². The molecular formula is C6H10F6NOS+. The second kappa shape index (κ2) is 6.94. The van der Waals surface area contributed by atoms with Gasteiger partial charge in [-0.25, -0.2) is 0 Å². The molecule has 0 N–H and O–H groups in total. The van der Waals surface area contributed by atoms with Gasteiger partial charge < -0.3 is 0 Å². The Morgan fingerprint density at radius 2 is 1.20 bits per heavy atom. The molecule has 0 spiro atoms. The second-order valence-electron chi connectivity index (χ2n) is 2.30. The molecule has 0 aliphatic rings. The Morgan fingerprint density at radius 1 is 0.933 bits per heavy atom. The van der Waals surface area contributed by atoms with Gasteiger partial charge in [-0.15, -0.1) is 0 Å². The van der Waals surface area contributed by atoms with E-state index in [1.807, 2.05) is 0 Å². The molecule has 0 aromatic heterocycles. The SMILES string of the molecule is CCCC.O=[S+]N(C(F)(F)F)C(F)(F)F. The van der Waals surface area contributed by atoms with E-state index >= 15 is 0 Å². The lowest BCUT2D eigenvalue weighted by molar-refractivity contribution is -0.331. The Bertz CT molecular complexity index is 163. The Balaban J connectivity index is 0. The van der Waals surface area contributed by atoms with Gasteiger partial charge in [-0.3, -0.25) is 0 Å². The third kappa shape index (κ3) is 8.55. The third-order valence-electron chi connectivity index (χ3n) is 1.04. The highest BCUT2D eigenvalue weighted by Crippen LogP contribution is 2.32. The van der Waals surface area contributed by atoms with Crippen molar-refractivity contribution in [2.24, 2.45) is 0 Å². The molecule has 0 amide bonds. The van der Waals surface area contributed by atoms with Crippen LogP contribution < -0.4 is 0 Å². The van der Waals surface area contributed by atoms with Crippen LogP contribution in [0.5, 0.6) is 0 Å². The summed E-state index contributed by atoms with van der Waals surface area (Å²) in [7, 11) is 0. The first-order valence-corrected chi connectivity index (χ1v) is 4.54. The molecule has 0 aromatic rings. The molecule has 0 saturated heterocycles. The zero-order chi connectivity index (χ0) is 12.7. The van der Waals surface area contributed by atoms with Gasteiger partial charge in [0.15, 0.2) is 4.31 Å². The topological polar surface area (TPSA) is 20.3 Å². The highest BCUT2D eigenvalue weighted by atomic mass is 32.2. The molecule has 15 heavy (non-hydrogen) atoms. The molecule has 0 heterocycles. The highest BCUT2D eigenvalue weighted by molar-refractivity contribution is 7.62. The van der Waals surface area contributed by atoms with Gasteiger partial charge in [-0.05, 0) is 0 Å². The Morgan fingerprint density at radius 3 is 1.20 bits per heavy atom. The van der Waals surface area contributed by atoms with E-state index in [4.69, 9.17) is 0 Å². The maximum absolute atomic E-state index is 11.2. The van der Waals surface area contributed by atoms with E-state index in [9.17, 15) is 30.6 Å². The molecule has 92 valence electrons. The van der Waals surface area contributed by atoms with Crippen molar-refractivity contribution in [2.45, 2.75) is 39.3 Å². The van der Waals surface area contributed by atoms with Gasteiger partial charge in [-0.1, -0.05) is 26.7 Å². The van der Waals surface area contributed by atoms with Crippen LogP contribution in [0.2, 0.25) is 0 Å². The van der Waals surface area contributed by atoms with Crippen LogP contribution in [0.1, 0.15) is 26.7 Å². The standard InChI is InChI=1S/C4H10.C2F6NOS/c1-3-4-2;3-1(4,5)9(11-10)2(6,7)8/h3-4H2,1-2H3;/q;+1. The van der Waals surface area contributed by atoms with Gasteiger partial charge in [0.25, 0.3) is 0 Å².